The van der Waals surface area contributed by atoms with Crippen LogP contribution in [-0.2, 0) is 16.4 Å². The van der Waals surface area contributed by atoms with Gasteiger partial charge in [-0.05, 0) is 41.4 Å². The Kier molecular flexibility index (Phi) is 5.52. The lowest BCUT2D eigenvalue weighted by atomic mass is 10.2. The van der Waals surface area contributed by atoms with Gasteiger partial charge in [0, 0.05) is 0 Å². The van der Waals surface area contributed by atoms with Gasteiger partial charge in [-0.25, -0.2) is 13.1 Å². The van der Waals surface area contributed by atoms with Gasteiger partial charge in [0.2, 0.25) is 5.89 Å². The molecule has 26 heavy (non-hydrogen) atoms. The minimum atomic E-state index is -3.80. The molecule has 136 valence electrons. The minimum absolute atomic E-state index is 0.0933. The smallest absolute Gasteiger partial charge is 0.277 e. The van der Waals surface area contributed by atoms with Crippen molar-refractivity contribution in [2.75, 3.05) is 11.3 Å². The van der Waals surface area contributed by atoms with Crippen LogP contribution in [0.15, 0.2) is 64.0 Å². The SMILES string of the molecule is CCCOc1ccc(S(=O)(=O)Nc2noc(Cc3ccccc3)n2)cc1. The third-order valence-corrected chi connectivity index (χ3v) is 4.84. The van der Waals surface area contributed by atoms with E-state index in [4.69, 9.17) is 9.26 Å². The summed E-state index contributed by atoms with van der Waals surface area (Å²) >= 11 is 0. The minimum Gasteiger partial charge on any atom is -0.494 e. The third-order valence-electron chi connectivity index (χ3n) is 3.50. The van der Waals surface area contributed by atoms with Gasteiger partial charge < -0.3 is 9.26 Å². The molecule has 0 atom stereocenters. The number of aromatic nitrogens is 2. The Morgan fingerprint density at radius 2 is 1.81 bits per heavy atom. The fraction of sp³-hybridized carbons (Fsp3) is 0.222. The molecule has 1 heterocycles. The van der Waals surface area contributed by atoms with E-state index in [9.17, 15) is 8.42 Å². The average Bonchev–Trinajstić information content (AvgIpc) is 3.07. The van der Waals surface area contributed by atoms with Crippen LogP contribution in [-0.4, -0.2) is 25.2 Å². The number of sulfonamides is 1. The van der Waals surface area contributed by atoms with Gasteiger partial charge in [0.15, 0.2) is 0 Å². The van der Waals surface area contributed by atoms with Crippen molar-refractivity contribution in [3.8, 4) is 5.75 Å². The van der Waals surface area contributed by atoms with Crippen LogP contribution in [0.3, 0.4) is 0 Å². The van der Waals surface area contributed by atoms with E-state index in [2.05, 4.69) is 14.9 Å². The number of hydrogen-bond acceptors (Lipinski definition) is 6. The van der Waals surface area contributed by atoms with Gasteiger partial charge in [0.05, 0.1) is 17.9 Å². The van der Waals surface area contributed by atoms with Crippen LogP contribution in [0.1, 0.15) is 24.8 Å². The van der Waals surface area contributed by atoms with Crippen LogP contribution >= 0.6 is 0 Å². The Bertz CT molecular complexity index is 938. The molecule has 7 nitrogen and oxygen atoms in total. The zero-order valence-corrected chi connectivity index (χ0v) is 15.1. The standard InChI is InChI=1S/C18H19N3O4S/c1-2-12-24-15-8-10-16(11-9-15)26(22,23)21-18-19-17(25-20-18)13-14-6-4-3-5-7-14/h3-11H,2,12-13H2,1H3,(H,20,21). The molecular weight excluding hydrogens is 354 g/mol. The van der Waals surface area contributed by atoms with E-state index < -0.39 is 10.0 Å². The fourth-order valence-corrected chi connectivity index (χ4v) is 3.19. The van der Waals surface area contributed by atoms with Crippen LogP contribution in [0.5, 0.6) is 5.75 Å². The fourth-order valence-electron chi connectivity index (χ4n) is 2.25. The molecule has 3 aromatic rings. The summed E-state index contributed by atoms with van der Waals surface area (Å²) in [7, 11) is -3.80. The molecule has 0 saturated heterocycles. The highest BCUT2D eigenvalue weighted by Gasteiger charge is 2.18. The molecule has 8 heteroatoms. The van der Waals surface area contributed by atoms with Crippen molar-refractivity contribution in [1.82, 2.24) is 10.1 Å². The van der Waals surface area contributed by atoms with Gasteiger partial charge in [-0.15, -0.1) is 0 Å². The second kappa shape index (κ2) is 8.01. The Hall–Kier alpha value is -2.87. The molecule has 0 spiro atoms. The van der Waals surface area contributed by atoms with E-state index >= 15 is 0 Å². The van der Waals surface area contributed by atoms with Crippen molar-refractivity contribution < 1.29 is 17.7 Å². The van der Waals surface area contributed by atoms with E-state index in [1.165, 1.54) is 12.1 Å². The van der Waals surface area contributed by atoms with E-state index in [0.29, 0.717) is 24.7 Å². The van der Waals surface area contributed by atoms with Gasteiger partial charge in [-0.2, -0.15) is 4.98 Å². The highest BCUT2D eigenvalue weighted by Crippen LogP contribution is 2.19. The topological polar surface area (TPSA) is 94.3 Å². The van der Waals surface area contributed by atoms with E-state index in [-0.39, 0.29) is 10.8 Å². The first-order valence-corrected chi connectivity index (χ1v) is 9.67. The van der Waals surface area contributed by atoms with Gasteiger partial charge >= 0.3 is 0 Å². The molecule has 0 amide bonds. The molecule has 0 aliphatic carbocycles. The second-order valence-corrected chi connectivity index (χ2v) is 7.28. The first-order valence-electron chi connectivity index (χ1n) is 8.19. The molecular formula is C18H19N3O4S. The van der Waals surface area contributed by atoms with Gasteiger partial charge in [-0.3, -0.25) is 0 Å². The highest BCUT2D eigenvalue weighted by atomic mass is 32.2. The summed E-state index contributed by atoms with van der Waals surface area (Å²) < 4.78 is 37.7. The normalized spacial score (nSPS) is 11.3. The monoisotopic (exact) mass is 373 g/mol. The molecule has 2 aromatic carbocycles. The Morgan fingerprint density at radius 3 is 2.50 bits per heavy atom. The molecule has 1 aromatic heterocycles. The van der Waals surface area contributed by atoms with Crippen molar-refractivity contribution in [1.29, 1.82) is 0 Å². The lowest BCUT2D eigenvalue weighted by Gasteiger charge is -2.07. The highest BCUT2D eigenvalue weighted by molar-refractivity contribution is 7.92. The summed E-state index contributed by atoms with van der Waals surface area (Å²) in [5.74, 6) is 0.856. The summed E-state index contributed by atoms with van der Waals surface area (Å²) in [6.07, 6.45) is 1.31. The van der Waals surface area contributed by atoms with Crippen LogP contribution in [0, 0.1) is 0 Å². The molecule has 0 bridgehead atoms. The summed E-state index contributed by atoms with van der Waals surface area (Å²) in [4.78, 5) is 4.17. The maximum Gasteiger partial charge on any atom is 0.277 e. The zero-order chi connectivity index (χ0) is 18.4. The van der Waals surface area contributed by atoms with Crippen LogP contribution < -0.4 is 9.46 Å². The van der Waals surface area contributed by atoms with E-state index in [1.54, 1.807) is 12.1 Å². The molecule has 0 fully saturated rings. The van der Waals surface area contributed by atoms with E-state index in [1.807, 2.05) is 37.3 Å². The lowest BCUT2D eigenvalue weighted by molar-refractivity contribution is 0.317. The lowest BCUT2D eigenvalue weighted by Crippen LogP contribution is -2.14. The molecule has 0 unspecified atom stereocenters. The molecule has 0 saturated carbocycles. The van der Waals surface area contributed by atoms with Crippen LogP contribution in [0.2, 0.25) is 0 Å². The largest absolute Gasteiger partial charge is 0.494 e. The summed E-state index contributed by atoms with van der Waals surface area (Å²) in [5.41, 5.74) is 0.994. The van der Waals surface area contributed by atoms with Crippen molar-refractivity contribution in [2.45, 2.75) is 24.7 Å². The number of benzene rings is 2. The van der Waals surface area contributed by atoms with E-state index in [0.717, 1.165) is 12.0 Å². The quantitative estimate of drug-likeness (QED) is 0.651. The predicted octanol–water partition coefficient (Wildman–Crippen LogP) is 3.25. The van der Waals surface area contributed by atoms with Crippen LogP contribution in [0.4, 0.5) is 5.95 Å². The average molecular weight is 373 g/mol. The van der Waals surface area contributed by atoms with Crippen molar-refractivity contribution in [3.05, 3.63) is 66.1 Å². The molecule has 0 aliphatic heterocycles. The van der Waals surface area contributed by atoms with Gasteiger partial charge in [0.1, 0.15) is 5.75 Å². The predicted molar refractivity (Wildman–Crippen MR) is 96.6 cm³/mol. The maximum absolute atomic E-state index is 12.4. The second-order valence-electron chi connectivity index (χ2n) is 5.60. The van der Waals surface area contributed by atoms with Gasteiger partial charge in [-0.1, -0.05) is 37.3 Å². The summed E-state index contributed by atoms with van der Waals surface area (Å²) in [5, 5.41) is 3.68. The summed E-state index contributed by atoms with van der Waals surface area (Å²) in [6.45, 7) is 2.58. The summed E-state index contributed by atoms with van der Waals surface area (Å²) in [6, 6.07) is 15.7. The number of anilines is 1. The third kappa shape index (κ3) is 4.60. The first-order chi connectivity index (χ1) is 12.6. The number of hydrogen-bond donors (Lipinski definition) is 1. The van der Waals surface area contributed by atoms with Crippen molar-refractivity contribution >= 4 is 16.0 Å². The van der Waals surface area contributed by atoms with Crippen molar-refractivity contribution in [2.24, 2.45) is 0 Å². The maximum atomic E-state index is 12.4. The van der Waals surface area contributed by atoms with Crippen molar-refractivity contribution in [3.63, 3.8) is 0 Å². The molecule has 3 rings (SSSR count). The van der Waals surface area contributed by atoms with Crippen LogP contribution in [0.25, 0.3) is 0 Å². The Morgan fingerprint density at radius 1 is 1.08 bits per heavy atom. The zero-order valence-electron chi connectivity index (χ0n) is 14.3. The molecule has 0 radical (unpaired) electrons. The Balaban J connectivity index is 1.67. The first kappa shape index (κ1) is 17.9. The molecule has 0 aliphatic rings. The number of ether oxygens (including phenoxy) is 1. The molecule has 1 N–H and O–H groups in total. The number of nitrogens with zero attached hydrogens (tertiary/aromatic N) is 2. The number of rotatable bonds is 8. The number of nitrogens with one attached hydrogen (secondary N) is 1. The van der Waals surface area contributed by atoms with Gasteiger partial charge in [0.25, 0.3) is 16.0 Å². The Labute approximate surface area is 152 Å².